The van der Waals surface area contributed by atoms with Crippen LogP contribution in [0.1, 0.15) is 11.7 Å². The number of nitrogens with one attached hydrogen (secondary N) is 2. The minimum Gasteiger partial charge on any atom is -0.386 e. The number of amides is 3. The lowest BCUT2D eigenvalue weighted by atomic mass is 10.0. The molecule has 1 saturated heterocycles. The molecule has 0 aromatic heterocycles. The van der Waals surface area contributed by atoms with Gasteiger partial charge in [-0.2, -0.15) is 0 Å². The van der Waals surface area contributed by atoms with Gasteiger partial charge >= 0.3 is 6.03 Å². The third-order valence-corrected chi connectivity index (χ3v) is 2.55. The molecule has 5 nitrogen and oxygen atoms in total. The average Bonchev–Trinajstić information content (AvgIpc) is 2.57. The molecule has 1 aliphatic heterocycles. The first-order chi connectivity index (χ1) is 7.58. The van der Waals surface area contributed by atoms with Crippen molar-refractivity contribution in [2.24, 2.45) is 0 Å². The number of hydrogen-bond acceptors (Lipinski definition) is 3. The molecule has 0 spiro atoms. The Morgan fingerprint density at radius 1 is 1.38 bits per heavy atom. The van der Waals surface area contributed by atoms with Crippen LogP contribution in [0.25, 0.3) is 0 Å². The molecule has 0 aliphatic carbocycles. The first-order valence-electron chi connectivity index (χ1n) is 4.63. The number of rotatable bonds is 2. The Balaban J connectivity index is 2.22. The number of urea groups is 1. The van der Waals surface area contributed by atoms with Crippen LogP contribution < -0.4 is 10.6 Å². The van der Waals surface area contributed by atoms with Gasteiger partial charge in [0.05, 0.1) is 0 Å². The summed E-state index contributed by atoms with van der Waals surface area (Å²) < 4.78 is 0. The van der Waals surface area contributed by atoms with Crippen molar-refractivity contribution in [3.63, 3.8) is 0 Å². The molecule has 3 amide bonds. The molecule has 16 heavy (non-hydrogen) atoms. The van der Waals surface area contributed by atoms with Crippen molar-refractivity contribution in [3.05, 3.63) is 34.9 Å². The van der Waals surface area contributed by atoms with Gasteiger partial charge in [-0.15, -0.1) is 0 Å². The Hall–Kier alpha value is -1.59. The predicted molar refractivity (Wildman–Crippen MR) is 56.9 cm³/mol. The van der Waals surface area contributed by atoms with Crippen LogP contribution >= 0.6 is 11.6 Å². The molecule has 6 heteroatoms. The molecule has 2 atom stereocenters. The molecule has 0 saturated carbocycles. The fraction of sp³-hybridized carbons (Fsp3) is 0.200. The number of carbonyl (C=O) groups excluding carboxylic acids is 2. The highest BCUT2D eigenvalue weighted by molar-refractivity contribution is 6.30. The molecule has 0 radical (unpaired) electrons. The van der Waals surface area contributed by atoms with Gasteiger partial charge in [0.2, 0.25) is 0 Å². The number of aliphatic hydroxyl groups is 1. The summed E-state index contributed by atoms with van der Waals surface area (Å²) in [6, 6.07) is 4.93. The van der Waals surface area contributed by atoms with Crippen LogP contribution in [-0.4, -0.2) is 23.1 Å². The molecule has 1 heterocycles. The van der Waals surface area contributed by atoms with Crippen molar-refractivity contribution in [2.45, 2.75) is 12.1 Å². The molecule has 1 fully saturated rings. The maximum atomic E-state index is 11.3. The lowest BCUT2D eigenvalue weighted by Gasteiger charge is -2.15. The minimum absolute atomic E-state index is 0.460. The van der Waals surface area contributed by atoms with Crippen molar-refractivity contribution < 1.29 is 14.7 Å². The standard InChI is InChI=1S/C10H9ClN2O3/c11-6-3-1-2-5(4-6)8(14)7-9(15)13-10(16)12-7/h1-4,7-8,14H,(H2,12,13,15,16). The van der Waals surface area contributed by atoms with E-state index in [0.29, 0.717) is 10.6 Å². The maximum absolute atomic E-state index is 11.3. The van der Waals surface area contributed by atoms with Gasteiger partial charge in [-0.3, -0.25) is 10.1 Å². The van der Waals surface area contributed by atoms with Crippen LogP contribution in [0.3, 0.4) is 0 Å². The second-order valence-corrected chi connectivity index (χ2v) is 3.88. The SMILES string of the molecule is O=C1NC(=O)C(C(O)c2cccc(Cl)c2)N1. The van der Waals surface area contributed by atoms with Crippen LogP contribution in [0.5, 0.6) is 0 Å². The first-order valence-corrected chi connectivity index (χ1v) is 5.00. The Bertz CT molecular complexity index is 449. The lowest BCUT2D eigenvalue weighted by Crippen LogP contribution is -2.35. The van der Waals surface area contributed by atoms with Crippen molar-refractivity contribution in [2.75, 3.05) is 0 Å². The summed E-state index contributed by atoms with van der Waals surface area (Å²) in [5, 5.41) is 14.7. The maximum Gasteiger partial charge on any atom is 0.322 e. The van der Waals surface area contributed by atoms with Crippen molar-refractivity contribution in [1.29, 1.82) is 0 Å². The van der Waals surface area contributed by atoms with E-state index in [1.807, 2.05) is 0 Å². The van der Waals surface area contributed by atoms with Gasteiger partial charge in [-0.1, -0.05) is 23.7 Å². The smallest absolute Gasteiger partial charge is 0.322 e. The van der Waals surface area contributed by atoms with Crippen molar-refractivity contribution >= 4 is 23.5 Å². The minimum atomic E-state index is -1.11. The largest absolute Gasteiger partial charge is 0.386 e. The lowest BCUT2D eigenvalue weighted by molar-refractivity contribution is -0.122. The highest BCUT2D eigenvalue weighted by atomic mass is 35.5. The molecule has 1 aromatic rings. The van der Waals surface area contributed by atoms with Crippen LogP contribution in [0.2, 0.25) is 5.02 Å². The zero-order chi connectivity index (χ0) is 11.7. The Kier molecular flexibility index (Phi) is 2.80. The topological polar surface area (TPSA) is 78.4 Å². The van der Waals surface area contributed by atoms with Gasteiger partial charge in [0.15, 0.2) is 0 Å². The third-order valence-electron chi connectivity index (χ3n) is 2.31. The van der Waals surface area contributed by atoms with E-state index in [2.05, 4.69) is 10.6 Å². The summed E-state index contributed by atoms with van der Waals surface area (Å²) in [6.07, 6.45) is -1.11. The van der Waals surface area contributed by atoms with Crippen LogP contribution in [0.15, 0.2) is 24.3 Å². The highest BCUT2D eigenvalue weighted by Crippen LogP contribution is 2.21. The molecule has 1 aromatic carbocycles. The zero-order valence-corrected chi connectivity index (χ0v) is 8.86. The molecule has 1 aliphatic rings. The highest BCUT2D eigenvalue weighted by Gasteiger charge is 2.36. The molecule has 84 valence electrons. The summed E-state index contributed by atoms with van der Waals surface area (Å²) in [5.74, 6) is -0.544. The zero-order valence-electron chi connectivity index (χ0n) is 8.11. The Morgan fingerprint density at radius 3 is 2.69 bits per heavy atom. The van der Waals surface area contributed by atoms with E-state index in [0.717, 1.165) is 0 Å². The van der Waals surface area contributed by atoms with E-state index in [9.17, 15) is 14.7 Å². The Labute approximate surface area is 96.4 Å². The summed E-state index contributed by atoms with van der Waals surface area (Å²) in [7, 11) is 0. The van der Waals surface area contributed by atoms with Gasteiger partial charge in [-0.25, -0.2) is 4.79 Å². The van der Waals surface area contributed by atoms with Crippen molar-refractivity contribution in [3.8, 4) is 0 Å². The molecule has 3 N–H and O–H groups in total. The summed E-state index contributed by atoms with van der Waals surface area (Å²) in [5.41, 5.74) is 0.481. The van der Waals surface area contributed by atoms with Crippen LogP contribution in [0.4, 0.5) is 4.79 Å². The average molecular weight is 241 g/mol. The fourth-order valence-electron chi connectivity index (χ4n) is 1.54. The number of benzene rings is 1. The molecule has 2 unspecified atom stereocenters. The quantitative estimate of drug-likeness (QED) is 0.662. The van der Waals surface area contributed by atoms with E-state index < -0.39 is 24.1 Å². The summed E-state index contributed by atoms with van der Waals surface area (Å²) >= 11 is 5.76. The molecule has 0 bridgehead atoms. The van der Waals surface area contributed by atoms with Crippen molar-refractivity contribution in [1.82, 2.24) is 10.6 Å². The summed E-state index contributed by atoms with van der Waals surface area (Å²) in [4.78, 5) is 22.2. The Morgan fingerprint density at radius 2 is 2.12 bits per heavy atom. The predicted octanol–water partition coefficient (Wildman–Crippen LogP) is 0.581. The second kappa shape index (κ2) is 4.11. The van der Waals surface area contributed by atoms with Gasteiger partial charge < -0.3 is 10.4 Å². The van der Waals surface area contributed by atoms with E-state index in [-0.39, 0.29) is 0 Å². The van der Waals surface area contributed by atoms with Crippen LogP contribution in [-0.2, 0) is 4.79 Å². The van der Waals surface area contributed by atoms with Gasteiger partial charge in [0.1, 0.15) is 12.1 Å². The number of hydrogen-bond donors (Lipinski definition) is 3. The molecular formula is C10H9ClN2O3. The number of aliphatic hydroxyl groups excluding tert-OH is 1. The van der Waals surface area contributed by atoms with Gasteiger partial charge in [0.25, 0.3) is 5.91 Å². The van der Waals surface area contributed by atoms with E-state index >= 15 is 0 Å². The number of halogens is 1. The van der Waals surface area contributed by atoms with Gasteiger partial charge in [-0.05, 0) is 17.7 Å². The second-order valence-electron chi connectivity index (χ2n) is 3.44. The van der Waals surface area contributed by atoms with E-state index in [1.165, 1.54) is 0 Å². The van der Waals surface area contributed by atoms with Gasteiger partial charge in [0, 0.05) is 5.02 Å². The molecular weight excluding hydrogens is 232 g/mol. The van der Waals surface area contributed by atoms with E-state index in [1.54, 1.807) is 24.3 Å². The fourth-order valence-corrected chi connectivity index (χ4v) is 1.74. The third kappa shape index (κ3) is 2.00. The first kappa shape index (κ1) is 10.9. The monoisotopic (exact) mass is 240 g/mol. The van der Waals surface area contributed by atoms with Crippen LogP contribution in [0, 0.1) is 0 Å². The molecule has 2 rings (SSSR count). The van der Waals surface area contributed by atoms with E-state index in [4.69, 9.17) is 11.6 Å². The number of carbonyl (C=O) groups is 2. The summed E-state index contributed by atoms with van der Waals surface area (Å²) in [6.45, 7) is 0. The normalized spacial score (nSPS) is 21.5. The number of imide groups is 1.